The minimum Gasteiger partial charge on any atom is -0.478 e. The summed E-state index contributed by atoms with van der Waals surface area (Å²) in [6.07, 6.45) is 1.93. The van der Waals surface area contributed by atoms with Crippen LogP contribution in [0.2, 0.25) is 0 Å². The van der Waals surface area contributed by atoms with Crippen LogP contribution in [0.3, 0.4) is 0 Å². The Bertz CT molecular complexity index is 504. The van der Waals surface area contributed by atoms with E-state index in [0.29, 0.717) is 23.6 Å². The summed E-state index contributed by atoms with van der Waals surface area (Å²) in [6.45, 7) is 4.64. The van der Waals surface area contributed by atoms with Gasteiger partial charge in [0.2, 0.25) is 0 Å². The summed E-state index contributed by atoms with van der Waals surface area (Å²) in [5, 5.41) is 12.1. The Hall–Kier alpha value is -1.84. The van der Waals surface area contributed by atoms with Gasteiger partial charge in [0, 0.05) is 12.1 Å². The van der Waals surface area contributed by atoms with Gasteiger partial charge in [-0.3, -0.25) is 4.79 Å². The number of carboxylic acids is 1. The van der Waals surface area contributed by atoms with Crippen LogP contribution >= 0.6 is 0 Å². The van der Waals surface area contributed by atoms with Gasteiger partial charge in [-0.25, -0.2) is 4.79 Å². The van der Waals surface area contributed by atoms with Crippen LogP contribution in [0.4, 0.5) is 0 Å². The zero-order chi connectivity index (χ0) is 14.0. The van der Waals surface area contributed by atoms with Gasteiger partial charge in [0.15, 0.2) is 0 Å². The third-order valence-electron chi connectivity index (χ3n) is 3.24. The molecule has 0 aromatic heterocycles. The fourth-order valence-corrected chi connectivity index (χ4v) is 2.15. The van der Waals surface area contributed by atoms with Gasteiger partial charge >= 0.3 is 5.97 Å². The van der Waals surface area contributed by atoms with Crippen molar-refractivity contribution in [3.05, 3.63) is 34.9 Å². The number of carboxylic acid groups (broad SMARTS) is 1. The van der Waals surface area contributed by atoms with E-state index in [1.807, 2.05) is 13.8 Å². The van der Waals surface area contributed by atoms with Gasteiger partial charge in [0.1, 0.15) is 0 Å². The Kier molecular flexibility index (Phi) is 3.88. The van der Waals surface area contributed by atoms with Crippen LogP contribution in [-0.2, 0) is 0 Å². The average Bonchev–Trinajstić information content (AvgIpc) is 3.19. The molecule has 1 aliphatic carbocycles. The van der Waals surface area contributed by atoms with E-state index in [2.05, 4.69) is 5.32 Å². The second-order valence-corrected chi connectivity index (χ2v) is 5.45. The number of nitrogens with one attached hydrogen (secondary N) is 1. The van der Waals surface area contributed by atoms with Crippen LogP contribution in [0.15, 0.2) is 18.2 Å². The first-order valence-corrected chi connectivity index (χ1v) is 6.65. The predicted molar refractivity (Wildman–Crippen MR) is 72.5 cm³/mol. The van der Waals surface area contributed by atoms with Crippen molar-refractivity contribution in [1.82, 2.24) is 5.32 Å². The maximum absolute atomic E-state index is 12.2. The molecule has 1 aromatic carbocycles. The number of rotatable bonds is 5. The molecule has 0 aliphatic heterocycles. The van der Waals surface area contributed by atoms with Crippen molar-refractivity contribution in [3.8, 4) is 0 Å². The van der Waals surface area contributed by atoms with Gasteiger partial charge in [0.25, 0.3) is 5.91 Å². The van der Waals surface area contributed by atoms with Crippen LogP contribution < -0.4 is 5.32 Å². The number of amides is 1. The summed E-state index contributed by atoms with van der Waals surface area (Å²) in [5.74, 6) is -0.526. The lowest BCUT2D eigenvalue weighted by atomic mass is 9.96. The summed E-state index contributed by atoms with van der Waals surface area (Å²) in [4.78, 5) is 23.4. The predicted octanol–water partition coefficient (Wildman–Crippen LogP) is 2.65. The summed E-state index contributed by atoms with van der Waals surface area (Å²) >= 11 is 0. The van der Waals surface area contributed by atoms with Crippen molar-refractivity contribution in [2.45, 2.75) is 32.6 Å². The maximum Gasteiger partial charge on any atom is 0.335 e. The molecule has 19 heavy (non-hydrogen) atoms. The van der Waals surface area contributed by atoms with Gasteiger partial charge < -0.3 is 10.4 Å². The summed E-state index contributed by atoms with van der Waals surface area (Å²) in [6, 6.07) is 4.94. The van der Waals surface area contributed by atoms with Crippen molar-refractivity contribution >= 4 is 11.9 Å². The Balaban J connectivity index is 2.31. The lowest BCUT2D eigenvalue weighted by Crippen LogP contribution is -2.28. The Labute approximate surface area is 112 Å². The van der Waals surface area contributed by atoms with E-state index in [9.17, 15) is 14.7 Å². The van der Waals surface area contributed by atoms with E-state index >= 15 is 0 Å². The molecule has 2 N–H and O–H groups in total. The fraction of sp³-hybridized carbons (Fsp3) is 0.467. The van der Waals surface area contributed by atoms with Gasteiger partial charge in [-0.15, -0.1) is 0 Å². The zero-order valence-corrected chi connectivity index (χ0v) is 11.3. The molecule has 0 unspecified atom stereocenters. The van der Waals surface area contributed by atoms with Crippen molar-refractivity contribution in [3.63, 3.8) is 0 Å². The topological polar surface area (TPSA) is 66.4 Å². The highest BCUT2D eigenvalue weighted by molar-refractivity contribution is 6.00. The summed E-state index contributed by atoms with van der Waals surface area (Å²) in [7, 11) is 0. The van der Waals surface area contributed by atoms with E-state index in [4.69, 9.17) is 0 Å². The number of hydrogen-bond donors (Lipinski definition) is 2. The Morgan fingerprint density at radius 3 is 2.47 bits per heavy atom. The molecule has 1 fully saturated rings. The molecule has 0 bridgehead atoms. The van der Waals surface area contributed by atoms with Crippen molar-refractivity contribution in [1.29, 1.82) is 0 Å². The molecule has 1 aliphatic rings. The molecule has 2 rings (SSSR count). The summed E-state index contributed by atoms with van der Waals surface area (Å²) < 4.78 is 0. The largest absolute Gasteiger partial charge is 0.478 e. The second-order valence-electron chi connectivity index (χ2n) is 5.45. The van der Waals surface area contributed by atoms with E-state index in [-0.39, 0.29) is 17.4 Å². The smallest absolute Gasteiger partial charge is 0.335 e. The minimum atomic E-state index is -0.958. The van der Waals surface area contributed by atoms with E-state index < -0.39 is 5.97 Å². The molecule has 4 heteroatoms. The standard InChI is InChI=1S/C15H19NO3/c1-9(2)8-16-14(17)11-4-3-5-12(15(18)19)13(11)10-6-7-10/h3-5,9-10H,6-8H2,1-2H3,(H,16,17)(H,18,19). The Morgan fingerprint density at radius 2 is 1.95 bits per heavy atom. The van der Waals surface area contributed by atoms with Gasteiger partial charge in [-0.05, 0) is 42.4 Å². The number of carbonyl (C=O) groups is 2. The maximum atomic E-state index is 12.2. The van der Waals surface area contributed by atoms with Crippen molar-refractivity contribution < 1.29 is 14.7 Å². The molecular weight excluding hydrogens is 242 g/mol. The molecular formula is C15H19NO3. The fourth-order valence-electron chi connectivity index (χ4n) is 2.15. The van der Waals surface area contributed by atoms with Gasteiger partial charge in [0.05, 0.1) is 5.56 Å². The van der Waals surface area contributed by atoms with Crippen LogP contribution in [-0.4, -0.2) is 23.5 Å². The van der Waals surface area contributed by atoms with Gasteiger partial charge in [-0.1, -0.05) is 19.9 Å². The van der Waals surface area contributed by atoms with Crippen LogP contribution in [0.1, 0.15) is 58.9 Å². The van der Waals surface area contributed by atoms with E-state index in [1.54, 1.807) is 18.2 Å². The first-order valence-electron chi connectivity index (χ1n) is 6.65. The van der Waals surface area contributed by atoms with Crippen LogP contribution in [0.25, 0.3) is 0 Å². The first kappa shape index (κ1) is 13.6. The number of carbonyl (C=O) groups excluding carboxylic acids is 1. The normalized spacial score (nSPS) is 14.5. The van der Waals surface area contributed by atoms with E-state index in [1.165, 1.54) is 0 Å². The lowest BCUT2D eigenvalue weighted by molar-refractivity contribution is 0.0695. The number of aromatic carboxylic acids is 1. The molecule has 0 spiro atoms. The first-order chi connectivity index (χ1) is 9.00. The van der Waals surface area contributed by atoms with Crippen molar-refractivity contribution in [2.24, 2.45) is 5.92 Å². The molecule has 4 nitrogen and oxygen atoms in total. The highest BCUT2D eigenvalue weighted by Gasteiger charge is 2.32. The monoisotopic (exact) mass is 261 g/mol. The molecule has 0 atom stereocenters. The van der Waals surface area contributed by atoms with Crippen molar-refractivity contribution in [2.75, 3.05) is 6.54 Å². The number of benzene rings is 1. The van der Waals surface area contributed by atoms with E-state index in [0.717, 1.165) is 12.8 Å². The second kappa shape index (κ2) is 5.43. The molecule has 1 saturated carbocycles. The summed E-state index contributed by atoms with van der Waals surface area (Å²) in [5.41, 5.74) is 1.49. The molecule has 0 saturated heterocycles. The SMILES string of the molecule is CC(C)CNC(=O)c1cccc(C(=O)O)c1C1CC1. The molecule has 0 heterocycles. The molecule has 1 aromatic rings. The minimum absolute atomic E-state index is 0.168. The van der Waals surface area contributed by atoms with Crippen LogP contribution in [0.5, 0.6) is 0 Å². The lowest BCUT2D eigenvalue weighted by Gasteiger charge is -2.13. The third-order valence-corrected chi connectivity index (χ3v) is 3.24. The Morgan fingerprint density at radius 1 is 1.32 bits per heavy atom. The zero-order valence-electron chi connectivity index (χ0n) is 11.3. The quantitative estimate of drug-likeness (QED) is 0.856. The molecule has 1 amide bonds. The number of hydrogen-bond acceptors (Lipinski definition) is 2. The average molecular weight is 261 g/mol. The third kappa shape index (κ3) is 3.13. The molecule has 102 valence electrons. The van der Waals surface area contributed by atoms with Crippen LogP contribution in [0, 0.1) is 5.92 Å². The highest BCUT2D eigenvalue weighted by atomic mass is 16.4. The van der Waals surface area contributed by atoms with Gasteiger partial charge in [-0.2, -0.15) is 0 Å². The highest BCUT2D eigenvalue weighted by Crippen LogP contribution is 2.43. The molecule has 0 radical (unpaired) electrons.